The molecule has 0 radical (unpaired) electrons. The van der Waals surface area contributed by atoms with E-state index >= 15 is 0 Å². The zero-order chi connectivity index (χ0) is 15.1. The molecule has 0 unspecified atom stereocenters. The number of rotatable bonds is 7. The summed E-state index contributed by atoms with van der Waals surface area (Å²) < 4.78 is 12.2. The molecule has 0 aliphatic carbocycles. The highest BCUT2D eigenvalue weighted by molar-refractivity contribution is 9.10. The molecule has 0 saturated carbocycles. The third kappa shape index (κ3) is 4.59. The number of benzene rings is 1. The molecule has 0 aromatic heterocycles. The maximum absolute atomic E-state index is 5.78. The average Bonchev–Trinajstić information content (AvgIpc) is 2.51. The van der Waals surface area contributed by atoms with Crippen molar-refractivity contribution >= 4 is 15.9 Å². The van der Waals surface area contributed by atoms with E-state index in [1.54, 1.807) is 7.11 Å². The number of piperidine rings is 1. The van der Waals surface area contributed by atoms with Gasteiger partial charge in [-0.15, -0.1) is 0 Å². The maximum atomic E-state index is 5.78. The smallest absolute Gasteiger partial charge is 0.166 e. The standard InChI is InChI=1S/C16H25BrN2O2/c1-3-21-16-13(14(17)4-5-15(16)20-2)11-19-10-12-6-8-18-9-7-12/h4-5,12,18-19H,3,6-11H2,1-2H3. The van der Waals surface area contributed by atoms with Crippen LogP contribution in [0.5, 0.6) is 11.5 Å². The normalized spacial score (nSPS) is 16.0. The minimum atomic E-state index is 0.633. The second kappa shape index (κ2) is 8.61. The van der Waals surface area contributed by atoms with Gasteiger partial charge in [-0.25, -0.2) is 0 Å². The van der Waals surface area contributed by atoms with E-state index in [1.165, 1.54) is 12.8 Å². The van der Waals surface area contributed by atoms with Crippen molar-refractivity contribution in [1.29, 1.82) is 0 Å². The topological polar surface area (TPSA) is 42.5 Å². The van der Waals surface area contributed by atoms with E-state index in [4.69, 9.17) is 9.47 Å². The zero-order valence-electron chi connectivity index (χ0n) is 12.9. The zero-order valence-corrected chi connectivity index (χ0v) is 14.5. The van der Waals surface area contributed by atoms with E-state index in [9.17, 15) is 0 Å². The Morgan fingerprint density at radius 2 is 2.10 bits per heavy atom. The Hall–Kier alpha value is -0.780. The molecule has 5 heteroatoms. The molecule has 0 bridgehead atoms. The second-order valence-electron chi connectivity index (χ2n) is 5.31. The Labute approximate surface area is 135 Å². The first-order chi connectivity index (χ1) is 10.3. The summed E-state index contributed by atoms with van der Waals surface area (Å²) >= 11 is 3.62. The van der Waals surface area contributed by atoms with E-state index in [2.05, 4.69) is 26.6 Å². The van der Waals surface area contributed by atoms with Crippen molar-refractivity contribution in [3.63, 3.8) is 0 Å². The molecule has 1 aliphatic heterocycles. The van der Waals surface area contributed by atoms with Gasteiger partial charge < -0.3 is 20.1 Å². The summed E-state index contributed by atoms with van der Waals surface area (Å²) in [6, 6.07) is 3.95. The summed E-state index contributed by atoms with van der Waals surface area (Å²) in [5, 5.41) is 6.97. The summed E-state index contributed by atoms with van der Waals surface area (Å²) in [7, 11) is 1.68. The molecule has 21 heavy (non-hydrogen) atoms. The van der Waals surface area contributed by atoms with Gasteiger partial charge in [0, 0.05) is 16.6 Å². The fourth-order valence-corrected chi connectivity index (χ4v) is 3.15. The SMILES string of the molecule is CCOc1c(OC)ccc(Br)c1CNCC1CCNCC1. The van der Waals surface area contributed by atoms with Crippen molar-refractivity contribution in [3.05, 3.63) is 22.2 Å². The molecular formula is C16H25BrN2O2. The molecule has 4 nitrogen and oxygen atoms in total. The summed E-state index contributed by atoms with van der Waals surface area (Å²) in [5.41, 5.74) is 1.13. The molecule has 1 aromatic rings. The molecular weight excluding hydrogens is 332 g/mol. The number of halogens is 1. The summed E-state index contributed by atoms with van der Waals surface area (Å²) in [5.74, 6) is 2.40. The van der Waals surface area contributed by atoms with E-state index < -0.39 is 0 Å². The first-order valence-corrected chi connectivity index (χ1v) is 8.45. The van der Waals surface area contributed by atoms with Crippen LogP contribution >= 0.6 is 15.9 Å². The Kier molecular flexibility index (Phi) is 6.80. The lowest BCUT2D eigenvalue weighted by molar-refractivity contribution is 0.305. The van der Waals surface area contributed by atoms with Gasteiger partial charge in [0.2, 0.25) is 0 Å². The average molecular weight is 357 g/mol. The quantitative estimate of drug-likeness (QED) is 0.788. The molecule has 118 valence electrons. The van der Waals surface area contributed by atoms with Crippen LogP contribution in [0.3, 0.4) is 0 Å². The second-order valence-corrected chi connectivity index (χ2v) is 6.17. The fourth-order valence-electron chi connectivity index (χ4n) is 2.70. The molecule has 2 N–H and O–H groups in total. The third-order valence-corrected chi connectivity index (χ3v) is 4.61. The van der Waals surface area contributed by atoms with Gasteiger partial charge in [0.15, 0.2) is 11.5 Å². The highest BCUT2D eigenvalue weighted by atomic mass is 79.9. The maximum Gasteiger partial charge on any atom is 0.166 e. The van der Waals surface area contributed by atoms with E-state index in [1.807, 2.05) is 19.1 Å². The molecule has 0 atom stereocenters. The minimum Gasteiger partial charge on any atom is -0.493 e. The number of hydrogen-bond donors (Lipinski definition) is 2. The largest absolute Gasteiger partial charge is 0.493 e. The summed E-state index contributed by atoms with van der Waals surface area (Å²) in [4.78, 5) is 0. The van der Waals surface area contributed by atoms with Gasteiger partial charge in [0.25, 0.3) is 0 Å². The molecule has 1 heterocycles. The molecule has 0 amide bonds. The first-order valence-electron chi connectivity index (χ1n) is 7.65. The van der Waals surface area contributed by atoms with Crippen LogP contribution in [0, 0.1) is 5.92 Å². The van der Waals surface area contributed by atoms with Crippen LogP contribution in [0.15, 0.2) is 16.6 Å². The van der Waals surface area contributed by atoms with Gasteiger partial charge in [-0.2, -0.15) is 0 Å². The van der Waals surface area contributed by atoms with Crippen molar-refractivity contribution in [1.82, 2.24) is 10.6 Å². The van der Waals surface area contributed by atoms with Crippen LogP contribution in [0.25, 0.3) is 0 Å². The van der Waals surface area contributed by atoms with Crippen LogP contribution in [-0.4, -0.2) is 33.4 Å². The van der Waals surface area contributed by atoms with Crippen LogP contribution in [-0.2, 0) is 6.54 Å². The predicted octanol–water partition coefficient (Wildman–Crippen LogP) is 2.95. The highest BCUT2D eigenvalue weighted by Crippen LogP contribution is 2.36. The monoisotopic (exact) mass is 356 g/mol. The predicted molar refractivity (Wildman–Crippen MR) is 89.2 cm³/mol. The Morgan fingerprint density at radius 1 is 1.33 bits per heavy atom. The number of hydrogen-bond acceptors (Lipinski definition) is 4. The van der Waals surface area contributed by atoms with E-state index in [0.29, 0.717) is 6.61 Å². The highest BCUT2D eigenvalue weighted by Gasteiger charge is 2.16. The van der Waals surface area contributed by atoms with Crippen LogP contribution in [0.2, 0.25) is 0 Å². The van der Waals surface area contributed by atoms with Gasteiger partial charge in [0.1, 0.15) is 0 Å². The Bertz CT molecular complexity index is 448. The van der Waals surface area contributed by atoms with Crippen LogP contribution < -0.4 is 20.1 Å². The lowest BCUT2D eigenvalue weighted by Gasteiger charge is -2.23. The molecule has 1 aliphatic rings. The van der Waals surface area contributed by atoms with Crippen molar-refractivity contribution < 1.29 is 9.47 Å². The molecule has 1 saturated heterocycles. The lowest BCUT2D eigenvalue weighted by Crippen LogP contribution is -2.33. The first kappa shape index (κ1) is 16.6. The van der Waals surface area contributed by atoms with Gasteiger partial charge in [-0.05, 0) is 57.5 Å². The lowest BCUT2D eigenvalue weighted by atomic mass is 9.98. The Morgan fingerprint density at radius 3 is 2.76 bits per heavy atom. The Balaban J connectivity index is 2.00. The van der Waals surface area contributed by atoms with Crippen molar-refractivity contribution in [2.75, 3.05) is 33.4 Å². The minimum absolute atomic E-state index is 0.633. The molecule has 0 spiro atoms. The van der Waals surface area contributed by atoms with Crippen molar-refractivity contribution in [2.45, 2.75) is 26.3 Å². The molecule has 2 rings (SSSR count). The van der Waals surface area contributed by atoms with Gasteiger partial charge in [-0.1, -0.05) is 15.9 Å². The van der Waals surface area contributed by atoms with Crippen LogP contribution in [0.1, 0.15) is 25.3 Å². The summed E-state index contributed by atoms with van der Waals surface area (Å²) in [6.45, 7) is 6.74. The van der Waals surface area contributed by atoms with Crippen LogP contribution in [0.4, 0.5) is 0 Å². The van der Waals surface area contributed by atoms with Gasteiger partial charge in [-0.3, -0.25) is 0 Å². The summed E-state index contributed by atoms with van der Waals surface area (Å²) in [6.07, 6.45) is 2.51. The van der Waals surface area contributed by atoms with Gasteiger partial charge in [0.05, 0.1) is 13.7 Å². The van der Waals surface area contributed by atoms with Crippen molar-refractivity contribution in [2.24, 2.45) is 5.92 Å². The number of methoxy groups -OCH3 is 1. The van der Waals surface area contributed by atoms with E-state index in [0.717, 1.165) is 53.6 Å². The number of ether oxygens (including phenoxy) is 2. The number of nitrogens with one attached hydrogen (secondary N) is 2. The molecule has 1 fully saturated rings. The van der Waals surface area contributed by atoms with Gasteiger partial charge >= 0.3 is 0 Å². The third-order valence-electron chi connectivity index (χ3n) is 3.87. The fraction of sp³-hybridized carbons (Fsp3) is 0.625. The van der Waals surface area contributed by atoms with Crippen molar-refractivity contribution in [3.8, 4) is 11.5 Å². The molecule has 1 aromatic carbocycles. The van der Waals surface area contributed by atoms with E-state index in [-0.39, 0.29) is 0 Å².